The van der Waals surface area contributed by atoms with E-state index in [0.717, 1.165) is 17.9 Å². The molecule has 0 fully saturated rings. The maximum atomic E-state index is 8.98. The standard InChI is InChI=1S/C18H20N2O/c1-14(16-6-4-3-5-7-16)12-20-13-17-10-15(11-19)8-9-18(17)21-2/h3-10,14,20H,12-13H2,1-2H3. The van der Waals surface area contributed by atoms with Gasteiger partial charge in [0.25, 0.3) is 0 Å². The van der Waals surface area contributed by atoms with Crippen LogP contribution in [0, 0.1) is 11.3 Å². The summed E-state index contributed by atoms with van der Waals surface area (Å²) in [5.41, 5.74) is 2.99. The Kier molecular flexibility index (Phi) is 5.36. The lowest BCUT2D eigenvalue weighted by molar-refractivity contribution is 0.407. The van der Waals surface area contributed by atoms with Crippen molar-refractivity contribution in [2.75, 3.05) is 13.7 Å². The summed E-state index contributed by atoms with van der Waals surface area (Å²) in [5.74, 6) is 1.25. The van der Waals surface area contributed by atoms with Crippen LogP contribution in [0.3, 0.4) is 0 Å². The van der Waals surface area contributed by atoms with Crippen LogP contribution in [0.1, 0.15) is 29.5 Å². The van der Waals surface area contributed by atoms with E-state index in [2.05, 4.69) is 42.6 Å². The molecule has 3 heteroatoms. The van der Waals surface area contributed by atoms with Crippen LogP contribution in [-0.2, 0) is 6.54 Å². The summed E-state index contributed by atoms with van der Waals surface area (Å²) in [5, 5.41) is 12.4. The van der Waals surface area contributed by atoms with Crippen LogP contribution in [0.15, 0.2) is 48.5 Å². The molecule has 108 valence electrons. The minimum atomic E-state index is 0.441. The Labute approximate surface area is 126 Å². The van der Waals surface area contributed by atoms with Crippen LogP contribution in [0.5, 0.6) is 5.75 Å². The van der Waals surface area contributed by atoms with Crippen molar-refractivity contribution in [2.45, 2.75) is 19.4 Å². The highest BCUT2D eigenvalue weighted by atomic mass is 16.5. The van der Waals surface area contributed by atoms with Crippen LogP contribution in [0.4, 0.5) is 0 Å². The number of nitrogens with zero attached hydrogens (tertiary/aromatic N) is 1. The average Bonchev–Trinajstić information content (AvgIpc) is 2.55. The molecular formula is C18H20N2O. The number of hydrogen-bond acceptors (Lipinski definition) is 3. The first-order valence-electron chi connectivity index (χ1n) is 7.07. The first-order valence-corrected chi connectivity index (χ1v) is 7.07. The molecule has 0 saturated heterocycles. The van der Waals surface area contributed by atoms with Gasteiger partial charge in [0.1, 0.15) is 5.75 Å². The molecule has 2 rings (SSSR count). The molecule has 2 aromatic rings. The first-order chi connectivity index (χ1) is 10.2. The molecule has 1 atom stereocenters. The van der Waals surface area contributed by atoms with Crippen LogP contribution in [0.2, 0.25) is 0 Å². The predicted octanol–water partition coefficient (Wildman–Crippen LogP) is 3.46. The first kappa shape index (κ1) is 15.1. The van der Waals surface area contributed by atoms with Crippen molar-refractivity contribution >= 4 is 0 Å². The number of ether oxygens (including phenoxy) is 1. The summed E-state index contributed by atoms with van der Waals surface area (Å²) in [7, 11) is 1.65. The van der Waals surface area contributed by atoms with Gasteiger partial charge in [-0.25, -0.2) is 0 Å². The summed E-state index contributed by atoms with van der Waals surface area (Å²) in [6.45, 7) is 3.77. The van der Waals surface area contributed by atoms with E-state index in [1.807, 2.05) is 18.2 Å². The molecule has 2 aromatic carbocycles. The third-order valence-electron chi connectivity index (χ3n) is 3.54. The molecule has 0 saturated carbocycles. The molecule has 0 spiro atoms. The van der Waals surface area contributed by atoms with Crippen LogP contribution in [-0.4, -0.2) is 13.7 Å². The van der Waals surface area contributed by atoms with Crippen molar-refractivity contribution in [1.82, 2.24) is 5.32 Å². The molecule has 3 nitrogen and oxygen atoms in total. The number of nitriles is 1. The van der Waals surface area contributed by atoms with E-state index >= 15 is 0 Å². The van der Waals surface area contributed by atoms with Gasteiger partial charge in [0, 0.05) is 18.7 Å². The number of rotatable bonds is 6. The monoisotopic (exact) mass is 280 g/mol. The SMILES string of the molecule is COc1ccc(C#N)cc1CNCC(C)c1ccccc1. The third kappa shape index (κ3) is 4.08. The fourth-order valence-corrected chi connectivity index (χ4v) is 2.31. The third-order valence-corrected chi connectivity index (χ3v) is 3.54. The Morgan fingerprint density at radius 1 is 1.19 bits per heavy atom. The number of hydrogen-bond donors (Lipinski definition) is 1. The minimum absolute atomic E-state index is 0.441. The number of methoxy groups -OCH3 is 1. The Bertz CT molecular complexity index is 617. The normalized spacial score (nSPS) is 11.7. The van der Waals surface area contributed by atoms with Gasteiger partial charge in [0.2, 0.25) is 0 Å². The van der Waals surface area contributed by atoms with E-state index in [4.69, 9.17) is 10.00 Å². The second-order valence-corrected chi connectivity index (χ2v) is 5.08. The maximum absolute atomic E-state index is 8.98. The molecular weight excluding hydrogens is 260 g/mol. The summed E-state index contributed by atoms with van der Waals surface area (Å²) in [6.07, 6.45) is 0. The van der Waals surface area contributed by atoms with E-state index in [1.165, 1.54) is 5.56 Å². The highest BCUT2D eigenvalue weighted by Gasteiger charge is 2.07. The van der Waals surface area contributed by atoms with Gasteiger partial charge in [0.15, 0.2) is 0 Å². The summed E-state index contributed by atoms with van der Waals surface area (Å²) >= 11 is 0. The Hall–Kier alpha value is -2.31. The zero-order valence-corrected chi connectivity index (χ0v) is 12.5. The average molecular weight is 280 g/mol. The second kappa shape index (κ2) is 7.47. The van der Waals surface area contributed by atoms with Gasteiger partial charge in [0.05, 0.1) is 18.7 Å². The maximum Gasteiger partial charge on any atom is 0.123 e. The summed E-state index contributed by atoms with van der Waals surface area (Å²) in [6, 6.07) is 18.1. The molecule has 0 aliphatic rings. The van der Waals surface area contributed by atoms with Crippen molar-refractivity contribution in [3.8, 4) is 11.8 Å². The molecule has 21 heavy (non-hydrogen) atoms. The van der Waals surface area contributed by atoms with E-state index in [0.29, 0.717) is 18.0 Å². The lowest BCUT2D eigenvalue weighted by Gasteiger charge is -2.14. The van der Waals surface area contributed by atoms with Gasteiger partial charge in [-0.3, -0.25) is 0 Å². The quantitative estimate of drug-likeness (QED) is 0.881. The van der Waals surface area contributed by atoms with Gasteiger partial charge >= 0.3 is 0 Å². The molecule has 0 aromatic heterocycles. The fraction of sp³-hybridized carbons (Fsp3) is 0.278. The Balaban J connectivity index is 1.96. The Morgan fingerprint density at radius 2 is 1.95 bits per heavy atom. The highest BCUT2D eigenvalue weighted by Crippen LogP contribution is 2.20. The topological polar surface area (TPSA) is 45.0 Å². The zero-order valence-electron chi connectivity index (χ0n) is 12.5. The molecule has 0 aliphatic heterocycles. The molecule has 0 amide bonds. The summed E-state index contributed by atoms with van der Waals surface area (Å²) in [4.78, 5) is 0. The molecule has 0 heterocycles. The molecule has 0 radical (unpaired) electrons. The number of nitrogens with one attached hydrogen (secondary N) is 1. The van der Waals surface area contributed by atoms with Crippen molar-refractivity contribution in [1.29, 1.82) is 5.26 Å². The van der Waals surface area contributed by atoms with Gasteiger partial charge < -0.3 is 10.1 Å². The van der Waals surface area contributed by atoms with E-state index in [1.54, 1.807) is 13.2 Å². The van der Waals surface area contributed by atoms with E-state index in [9.17, 15) is 0 Å². The van der Waals surface area contributed by atoms with Gasteiger partial charge in [-0.05, 0) is 29.7 Å². The van der Waals surface area contributed by atoms with Crippen molar-refractivity contribution in [2.24, 2.45) is 0 Å². The molecule has 0 bridgehead atoms. The minimum Gasteiger partial charge on any atom is -0.496 e. The van der Waals surface area contributed by atoms with E-state index in [-0.39, 0.29) is 0 Å². The smallest absolute Gasteiger partial charge is 0.123 e. The Morgan fingerprint density at radius 3 is 2.62 bits per heavy atom. The van der Waals surface area contributed by atoms with Crippen molar-refractivity contribution in [3.05, 3.63) is 65.2 Å². The van der Waals surface area contributed by atoms with Gasteiger partial charge in [-0.15, -0.1) is 0 Å². The molecule has 1 N–H and O–H groups in total. The van der Waals surface area contributed by atoms with Gasteiger partial charge in [-0.1, -0.05) is 37.3 Å². The molecule has 1 unspecified atom stereocenters. The lowest BCUT2D eigenvalue weighted by Crippen LogP contribution is -2.20. The van der Waals surface area contributed by atoms with Crippen LogP contribution >= 0.6 is 0 Å². The fourth-order valence-electron chi connectivity index (χ4n) is 2.31. The highest BCUT2D eigenvalue weighted by molar-refractivity contribution is 5.42. The van der Waals surface area contributed by atoms with Gasteiger partial charge in [-0.2, -0.15) is 5.26 Å². The van der Waals surface area contributed by atoms with Crippen molar-refractivity contribution in [3.63, 3.8) is 0 Å². The molecule has 0 aliphatic carbocycles. The predicted molar refractivity (Wildman–Crippen MR) is 84.3 cm³/mol. The van der Waals surface area contributed by atoms with Crippen molar-refractivity contribution < 1.29 is 4.74 Å². The largest absolute Gasteiger partial charge is 0.496 e. The van der Waals surface area contributed by atoms with Crippen LogP contribution in [0.25, 0.3) is 0 Å². The second-order valence-electron chi connectivity index (χ2n) is 5.08. The van der Waals surface area contributed by atoms with E-state index < -0.39 is 0 Å². The summed E-state index contributed by atoms with van der Waals surface area (Å²) < 4.78 is 5.34. The lowest BCUT2D eigenvalue weighted by atomic mass is 10.0. The van der Waals surface area contributed by atoms with Crippen LogP contribution < -0.4 is 10.1 Å². The zero-order chi connectivity index (χ0) is 15.1. The number of benzene rings is 2.